The molecule has 0 spiro atoms. The Morgan fingerprint density at radius 2 is 1.47 bits per heavy atom. The van der Waals surface area contributed by atoms with E-state index in [0.29, 0.717) is 21.8 Å². The molecule has 15 heteroatoms. The summed E-state index contributed by atoms with van der Waals surface area (Å²) in [5.74, 6) is -3.07. The summed E-state index contributed by atoms with van der Waals surface area (Å²) in [6, 6.07) is 29.3. The summed E-state index contributed by atoms with van der Waals surface area (Å²) in [4.78, 5) is 77.3. The number of nitrogens with one attached hydrogen (secondary N) is 4. The molecule has 0 aliphatic heterocycles. The van der Waals surface area contributed by atoms with E-state index in [1.807, 2.05) is 6.07 Å². The lowest BCUT2D eigenvalue weighted by molar-refractivity contribution is -0.385. The second kappa shape index (κ2) is 17.6. The topological polar surface area (TPSA) is 186 Å². The number of nitro benzene ring substituents is 1. The van der Waals surface area contributed by atoms with Crippen LogP contribution in [0.15, 0.2) is 120 Å². The molecule has 0 saturated carbocycles. The summed E-state index contributed by atoms with van der Waals surface area (Å²) < 4.78 is 4.92. The van der Waals surface area contributed by atoms with E-state index < -0.39 is 34.5 Å². The van der Waals surface area contributed by atoms with Gasteiger partial charge >= 0.3 is 5.97 Å². The van der Waals surface area contributed by atoms with Gasteiger partial charge in [0.2, 0.25) is 5.91 Å². The number of nitrogens with zero attached hydrogens (tertiary/aromatic N) is 1. The Kier molecular flexibility index (Phi) is 12.5. The highest BCUT2D eigenvalue weighted by Crippen LogP contribution is 2.35. The Labute approximate surface area is 311 Å². The lowest BCUT2D eigenvalue weighted by Gasteiger charge is -2.12. The number of ether oxygens (including phenoxy) is 1. The molecule has 5 rings (SSSR count). The van der Waals surface area contributed by atoms with Crippen LogP contribution < -0.4 is 21.3 Å². The van der Waals surface area contributed by atoms with Crippen LogP contribution in [0.2, 0.25) is 0 Å². The molecule has 0 fully saturated rings. The number of amides is 4. The lowest BCUT2D eigenvalue weighted by atomic mass is 10.1. The Hall–Kier alpha value is -6.58. The van der Waals surface area contributed by atoms with Crippen LogP contribution in [0.25, 0.3) is 6.08 Å². The lowest BCUT2D eigenvalue weighted by Crippen LogP contribution is -2.30. The molecule has 0 radical (unpaired) electrons. The largest absolute Gasteiger partial charge is 0.465 e. The number of carbonyl (C=O) groups is 5. The number of methoxy groups -OCH3 is 1. The fourth-order valence-corrected chi connectivity index (χ4v) is 6.78. The second-order valence-corrected chi connectivity index (χ2v) is 13.2. The van der Waals surface area contributed by atoms with Gasteiger partial charge in [0.25, 0.3) is 23.4 Å². The Morgan fingerprint density at radius 3 is 2.17 bits per heavy atom. The molecule has 0 aliphatic rings. The first-order valence-corrected chi connectivity index (χ1v) is 17.6. The number of benzene rings is 4. The number of esters is 1. The van der Waals surface area contributed by atoms with Gasteiger partial charge in [-0.05, 0) is 67.1 Å². The third-order valence-electron chi connectivity index (χ3n) is 7.45. The van der Waals surface area contributed by atoms with E-state index in [0.717, 1.165) is 23.1 Å². The van der Waals surface area contributed by atoms with Crippen molar-refractivity contribution < 1.29 is 33.6 Å². The fourth-order valence-electron chi connectivity index (χ4n) is 4.92. The number of hydrogen-bond donors (Lipinski definition) is 4. The summed E-state index contributed by atoms with van der Waals surface area (Å²) in [5.41, 5.74) is 1.19. The number of hydrogen-bond acceptors (Lipinski definition) is 10. The van der Waals surface area contributed by atoms with Crippen molar-refractivity contribution in [2.24, 2.45) is 0 Å². The van der Waals surface area contributed by atoms with E-state index in [9.17, 15) is 34.1 Å². The van der Waals surface area contributed by atoms with Crippen LogP contribution in [0.1, 0.15) is 41.5 Å². The molecule has 4 aromatic carbocycles. The van der Waals surface area contributed by atoms with Gasteiger partial charge in [-0.1, -0.05) is 54.6 Å². The van der Waals surface area contributed by atoms with Crippen molar-refractivity contribution in [3.63, 3.8) is 0 Å². The van der Waals surface area contributed by atoms with Gasteiger partial charge in [-0.15, -0.1) is 23.1 Å². The van der Waals surface area contributed by atoms with E-state index in [-0.39, 0.29) is 43.7 Å². The SMILES string of the molecule is COC(=O)c1c(NC(=O)CSc2cccc(NC(=O)/C(=C\c3ccccc3[N+](=O)[O-])NC(=O)c3ccccc3)c2)sc(C(=O)Nc2ccccc2)c1C. The molecule has 1 aromatic heterocycles. The summed E-state index contributed by atoms with van der Waals surface area (Å²) in [6.07, 6.45) is 1.23. The zero-order chi connectivity index (χ0) is 37.9. The molecule has 268 valence electrons. The zero-order valence-corrected chi connectivity index (χ0v) is 29.8. The van der Waals surface area contributed by atoms with Gasteiger partial charge < -0.3 is 26.0 Å². The van der Waals surface area contributed by atoms with Crippen LogP contribution in [0.4, 0.5) is 22.1 Å². The molecular formula is C38H31N5O8S2. The minimum atomic E-state index is -0.747. The van der Waals surface area contributed by atoms with E-state index in [1.54, 1.807) is 91.9 Å². The Bertz CT molecular complexity index is 2220. The van der Waals surface area contributed by atoms with Crippen molar-refractivity contribution in [3.05, 3.63) is 152 Å². The molecule has 0 bridgehead atoms. The van der Waals surface area contributed by atoms with Crippen molar-refractivity contribution in [3.8, 4) is 0 Å². The van der Waals surface area contributed by atoms with Gasteiger partial charge in [-0.2, -0.15) is 0 Å². The predicted molar refractivity (Wildman–Crippen MR) is 204 cm³/mol. The van der Waals surface area contributed by atoms with E-state index >= 15 is 0 Å². The van der Waals surface area contributed by atoms with Crippen molar-refractivity contribution in [2.75, 3.05) is 28.8 Å². The maximum Gasteiger partial charge on any atom is 0.341 e. The summed E-state index contributed by atoms with van der Waals surface area (Å²) in [5, 5.41) is 22.6. The molecule has 1 heterocycles. The average Bonchev–Trinajstić information content (AvgIpc) is 3.49. The zero-order valence-electron chi connectivity index (χ0n) is 28.2. The van der Waals surface area contributed by atoms with E-state index in [1.165, 1.54) is 31.4 Å². The Balaban J connectivity index is 1.29. The number of rotatable bonds is 13. The molecule has 4 amide bonds. The van der Waals surface area contributed by atoms with Crippen molar-refractivity contribution in [1.82, 2.24) is 5.32 Å². The molecule has 0 aliphatic carbocycles. The molecule has 13 nitrogen and oxygen atoms in total. The van der Waals surface area contributed by atoms with Gasteiger partial charge in [0.1, 0.15) is 10.7 Å². The van der Waals surface area contributed by atoms with Crippen molar-refractivity contribution in [1.29, 1.82) is 0 Å². The van der Waals surface area contributed by atoms with Crippen molar-refractivity contribution >= 4 is 80.8 Å². The number of para-hydroxylation sites is 2. The van der Waals surface area contributed by atoms with Crippen LogP contribution in [-0.4, -0.2) is 47.4 Å². The van der Waals surface area contributed by atoms with Gasteiger partial charge in [0, 0.05) is 27.9 Å². The first kappa shape index (κ1) is 37.7. The minimum absolute atomic E-state index is 0.0721. The van der Waals surface area contributed by atoms with Crippen LogP contribution in [0.3, 0.4) is 0 Å². The van der Waals surface area contributed by atoms with E-state index in [4.69, 9.17) is 4.74 Å². The van der Waals surface area contributed by atoms with Gasteiger partial charge in [-0.3, -0.25) is 29.3 Å². The number of nitro groups is 1. The molecule has 53 heavy (non-hydrogen) atoms. The van der Waals surface area contributed by atoms with Crippen molar-refractivity contribution in [2.45, 2.75) is 11.8 Å². The molecule has 5 aromatic rings. The molecular weight excluding hydrogens is 719 g/mol. The predicted octanol–water partition coefficient (Wildman–Crippen LogP) is 7.14. The van der Waals surface area contributed by atoms with Gasteiger partial charge in [0.15, 0.2) is 0 Å². The van der Waals surface area contributed by atoms with Gasteiger partial charge in [-0.25, -0.2) is 4.79 Å². The first-order valence-electron chi connectivity index (χ1n) is 15.8. The molecule has 0 unspecified atom stereocenters. The third-order valence-corrected chi connectivity index (χ3v) is 9.65. The molecule has 4 N–H and O–H groups in total. The summed E-state index contributed by atoms with van der Waals surface area (Å²) in [7, 11) is 1.21. The fraction of sp³-hybridized carbons (Fsp3) is 0.0789. The highest BCUT2D eigenvalue weighted by atomic mass is 32.2. The quantitative estimate of drug-likeness (QED) is 0.0319. The standard InChI is InChI=1S/C38H31N5O8S2/c1-23-32(38(48)51-2)37(53-33(23)36(47)39-26-15-7-4-8-16-26)42-31(44)22-52-28-18-11-17-27(21-28)40-35(46)29(41-34(45)24-12-5-3-6-13-24)20-25-14-9-10-19-30(25)43(49)50/h3-21H,22H2,1-2H3,(H,39,47)(H,40,46)(H,41,45)(H,42,44)/b29-20+. The maximum absolute atomic E-state index is 13.5. The highest BCUT2D eigenvalue weighted by molar-refractivity contribution is 8.00. The highest BCUT2D eigenvalue weighted by Gasteiger charge is 2.26. The van der Waals surface area contributed by atoms with Crippen LogP contribution in [-0.2, 0) is 14.3 Å². The smallest absolute Gasteiger partial charge is 0.341 e. The number of thioether (sulfide) groups is 1. The number of carbonyl (C=O) groups excluding carboxylic acids is 5. The normalized spacial score (nSPS) is 10.9. The summed E-state index contributed by atoms with van der Waals surface area (Å²) in [6.45, 7) is 1.60. The maximum atomic E-state index is 13.5. The first-order chi connectivity index (χ1) is 25.5. The number of anilines is 3. The van der Waals surface area contributed by atoms with E-state index in [2.05, 4.69) is 21.3 Å². The average molecular weight is 750 g/mol. The van der Waals surface area contributed by atoms with Crippen LogP contribution in [0.5, 0.6) is 0 Å². The molecule has 0 saturated heterocycles. The third kappa shape index (κ3) is 9.81. The molecule has 0 atom stereocenters. The minimum Gasteiger partial charge on any atom is -0.465 e. The van der Waals surface area contributed by atoms with Crippen LogP contribution >= 0.6 is 23.1 Å². The van der Waals surface area contributed by atoms with Gasteiger partial charge in [0.05, 0.1) is 33.8 Å². The van der Waals surface area contributed by atoms with Crippen LogP contribution in [0, 0.1) is 17.0 Å². The number of thiophene rings is 1. The second-order valence-electron chi connectivity index (χ2n) is 11.1. The summed E-state index contributed by atoms with van der Waals surface area (Å²) >= 11 is 2.09. The Morgan fingerprint density at radius 1 is 0.811 bits per heavy atom. The monoisotopic (exact) mass is 749 g/mol.